The van der Waals surface area contributed by atoms with Gasteiger partial charge < -0.3 is 14.7 Å². The van der Waals surface area contributed by atoms with Crippen molar-refractivity contribution in [2.45, 2.75) is 12.6 Å². The van der Waals surface area contributed by atoms with Gasteiger partial charge in [-0.3, -0.25) is 14.6 Å². The van der Waals surface area contributed by atoms with E-state index < -0.39 is 17.7 Å². The van der Waals surface area contributed by atoms with E-state index in [0.717, 1.165) is 16.3 Å². The molecule has 1 aliphatic rings. The second-order valence-electron chi connectivity index (χ2n) is 8.09. The third-order valence-electron chi connectivity index (χ3n) is 6.10. The summed E-state index contributed by atoms with van der Waals surface area (Å²) in [5.41, 5.74) is 1.91. The number of aliphatic hydroxyl groups excluding tert-OH is 1. The largest absolute Gasteiger partial charge is 0.507 e. The van der Waals surface area contributed by atoms with Crippen molar-refractivity contribution in [3.63, 3.8) is 0 Å². The summed E-state index contributed by atoms with van der Waals surface area (Å²) in [6, 6.07) is 23.3. The molecule has 4 aromatic rings. The summed E-state index contributed by atoms with van der Waals surface area (Å²) < 4.78 is 5.45. The van der Waals surface area contributed by atoms with Crippen LogP contribution in [-0.2, 0) is 16.1 Å². The molecule has 1 unspecified atom stereocenters. The molecule has 1 fully saturated rings. The van der Waals surface area contributed by atoms with Crippen LogP contribution in [0.1, 0.15) is 22.7 Å². The number of aliphatic hydroxyl groups is 1. The van der Waals surface area contributed by atoms with E-state index in [1.165, 1.54) is 4.90 Å². The molecule has 1 amide bonds. The number of ketones is 1. The van der Waals surface area contributed by atoms with Crippen molar-refractivity contribution in [1.82, 2.24) is 9.88 Å². The highest BCUT2D eigenvalue weighted by Gasteiger charge is 2.46. The molecule has 1 aromatic heterocycles. The minimum Gasteiger partial charge on any atom is -0.507 e. The van der Waals surface area contributed by atoms with Crippen molar-refractivity contribution in [2.24, 2.45) is 0 Å². The van der Waals surface area contributed by atoms with Crippen LogP contribution in [0, 0.1) is 0 Å². The first-order valence-corrected chi connectivity index (χ1v) is 10.9. The molecule has 6 heteroatoms. The van der Waals surface area contributed by atoms with E-state index in [1.807, 2.05) is 54.6 Å². The van der Waals surface area contributed by atoms with Crippen LogP contribution in [0.2, 0.25) is 0 Å². The Morgan fingerprint density at radius 2 is 1.74 bits per heavy atom. The average Bonchev–Trinajstić information content (AvgIpc) is 3.13. The number of carbonyl (C=O) groups is 2. The van der Waals surface area contributed by atoms with Gasteiger partial charge in [-0.2, -0.15) is 0 Å². The zero-order valence-electron chi connectivity index (χ0n) is 18.5. The first kappa shape index (κ1) is 21.4. The van der Waals surface area contributed by atoms with Crippen molar-refractivity contribution in [3.05, 3.63) is 114 Å². The maximum Gasteiger partial charge on any atom is 0.295 e. The molecule has 0 aliphatic carbocycles. The number of amides is 1. The van der Waals surface area contributed by atoms with Crippen molar-refractivity contribution in [1.29, 1.82) is 0 Å². The summed E-state index contributed by atoms with van der Waals surface area (Å²) in [7, 11) is 1.56. The number of para-hydroxylation sites is 1. The lowest BCUT2D eigenvalue weighted by molar-refractivity contribution is -0.140. The Labute approximate surface area is 196 Å². The fraction of sp³-hybridized carbons (Fsp3) is 0.107. The quantitative estimate of drug-likeness (QED) is 0.267. The summed E-state index contributed by atoms with van der Waals surface area (Å²) in [5.74, 6) is -0.999. The molecule has 2 heterocycles. The van der Waals surface area contributed by atoms with E-state index in [0.29, 0.717) is 16.9 Å². The van der Waals surface area contributed by atoms with E-state index in [2.05, 4.69) is 4.98 Å². The Kier molecular flexibility index (Phi) is 5.55. The summed E-state index contributed by atoms with van der Waals surface area (Å²) in [6.07, 6.45) is 3.23. The molecule has 0 radical (unpaired) electrons. The van der Waals surface area contributed by atoms with Crippen LogP contribution >= 0.6 is 0 Å². The number of methoxy groups -OCH3 is 1. The van der Waals surface area contributed by atoms with Gasteiger partial charge in [-0.15, -0.1) is 0 Å². The van der Waals surface area contributed by atoms with Crippen molar-refractivity contribution in [3.8, 4) is 5.75 Å². The summed E-state index contributed by atoms with van der Waals surface area (Å²) in [5, 5.41) is 13.3. The number of rotatable bonds is 5. The summed E-state index contributed by atoms with van der Waals surface area (Å²) >= 11 is 0. The molecule has 6 nitrogen and oxygen atoms in total. The zero-order valence-corrected chi connectivity index (χ0v) is 18.5. The number of aromatic nitrogens is 1. The molecule has 1 saturated heterocycles. The predicted molar refractivity (Wildman–Crippen MR) is 129 cm³/mol. The average molecular weight is 450 g/mol. The first-order chi connectivity index (χ1) is 16.6. The number of carbonyl (C=O) groups excluding carboxylic acids is 2. The topological polar surface area (TPSA) is 79.7 Å². The zero-order chi connectivity index (χ0) is 23.7. The van der Waals surface area contributed by atoms with Gasteiger partial charge in [0.1, 0.15) is 11.5 Å². The second kappa shape index (κ2) is 8.83. The minimum atomic E-state index is -0.787. The van der Waals surface area contributed by atoms with Crippen LogP contribution in [-0.4, -0.2) is 33.8 Å². The maximum atomic E-state index is 13.3. The lowest BCUT2D eigenvalue weighted by Crippen LogP contribution is -2.29. The number of nitrogens with zero attached hydrogens (tertiary/aromatic N) is 2. The number of pyridine rings is 1. The van der Waals surface area contributed by atoms with E-state index in [1.54, 1.807) is 43.8 Å². The van der Waals surface area contributed by atoms with Gasteiger partial charge in [0.25, 0.3) is 11.7 Å². The van der Waals surface area contributed by atoms with E-state index in [4.69, 9.17) is 4.74 Å². The standard InChI is InChI=1S/C28H22N2O4/c1-34-23-11-5-4-9-22(23)17-30-25(21-10-6-14-29-16-21)24(27(32)28(30)33)26(31)20-13-12-18-7-2-3-8-19(18)15-20/h2-16,25,31H,17H2,1H3/b26-24-. The predicted octanol–water partition coefficient (Wildman–Crippen LogP) is 4.87. The second-order valence-corrected chi connectivity index (χ2v) is 8.09. The fourth-order valence-corrected chi connectivity index (χ4v) is 4.44. The normalized spacial score (nSPS) is 17.3. The minimum absolute atomic E-state index is 0.0446. The highest BCUT2D eigenvalue weighted by molar-refractivity contribution is 6.46. The molecule has 168 valence electrons. The number of benzene rings is 3. The van der Waals surface area contributed by atoms with Gasteiger partial charge in [-0.1, -0.05) is 60.7 Å². The highest BCUT2D eigenvalue weighted by Crippen LogP contribution is 2.41. The van der Waals surface area contributed by atoms with Crippen LogP contribution in [0.15, 0.2) is 96.8 Å². The third kappa shape index (κ3) is 3.69. The van der Waals surface area contributed by atoms with Gasteiger partial charge in [0.15, 0.2) is 0 Å². The number of ether oxygens (including phenoxy) is 1. The molecule has 0 bridgehead atoms. The third-order valence-corrected chi connectivity index (χ3v) is 6.10. The Morgan fingerprint density at radius 3 is 2.50 bits per heavy atom. The number of likely N-dealkylation sites (tertiary alicyclic amines) is 1. The highest BCUT2D eigenvalue weighted by atomic mass is 16.5. The first-order valence-electron chi connectivity index (χ1n) is 10.9. The van der Waals surface area contributed by atoms with Gasteiger partial charge in [0, 0.05) is 23.5 Å². The smallest absolute Gasteiger partial charge is 0.295 e. The molecule has 5 rings (SSSR count). The molecular formula is C28H22N2O4. The lowest BCUT2D eigenvalue weighted by atomic mass is 9.95. The Balaban J connectivity index is 1.66. The summed E-state index contributed by atoms with van der Waals surface area (Å²) in [6.45, 7) is 0.142. The van der Waals surface area contributed by atoms with Crippen LogP contribution in [0.25, 0.3) is 16.5 Å². The SMILES string of the molecule is COc1ccccc1CN1C(=O)C(=O)/C(=C(\O)c2ccc3ccccc3c2)C1c1cccnc1. The molecule has 0 saturated carbocycles. The Morgan fingerprint density at radius 1 is 0.971 bits per heavy atom. The maximum absolute atomic E-state index is 13.3. The fourth-order valence-electron chi connectivity index (χ4n) is 4.44. The van der Waals surface area contributed by atoms with Crippen molar-refractivity contribution < 1.29 is 19.4 Å². The van der Waals surface area contributed by atoms with Crippen molar-refractivity contribution in [2.75, 3.05) is 7.11 Å². The molecule has 1 atom stereocenters. The van der Waals surface area contributed by atoms with E-state index in [9.17, 15) is 14.7 Å². The van der Waals surface area contributed by atoms with Crippen LogP contribution < -0.4 is 4.74 Å². The molecule has 3 aromatic carbocycles. The van der Waals surface area contributed by atoms with Crippen LogP contribution in [0.4, 0.5) is 0 Å². The van der Waals surface area contributed by atoms with Crippen molar-refractivity contribution >= 4 is 28.2 Å². The van der Waals surface area contributed by atoms with Gasteiger partial charge >= 0.3 is 0 Å². The van der Waals surface area contributed by atoms with E-state index >= 15 is 0 Å². The molecule has 0 spiro atoms. The van der Waals surface area contributed by atoms with Gasteiger partial charge in [-0.25, -0.2) is 0 Å². The van der Waals surface area contributed by atoms with Crippen LogP contribution in [0.5, 0.6) is 5.75 Å². The Hall–Kier alpha value is -4.45. The lowest BCUT2D eigenvalue weighted by Gasteiger charge is -2.25. The van der Waals surface area contributed by atoms with Gasteiger partial charge in [0.05, 0.1) is 25.3 Å². The number of fused-ring (bicyclic) bond motifs is 1. The number of hydrogen-bond donors (Lipinski definition) is 1. The number of hydrogen-bond acceptors (Lipinski definition) is 5. The molecule has 1 N–H and O–H groups in total. The van der Waals surface area contributed by atoms with E-state index in [-0.39, 0.29) is 17.9 Å². The van der Waals surface area contributed by atoms with Crippen LogP contribution in [0.3, 0.4) is 0 Å². The summed E-state index contributed by atoms with van der Waals surface area (Å²) in [4.78, 5) is 32.1. The molecule has 1 aliphatic heterocycles. The molecule has 34 heavy (non-hydrogen) atoms. The number of Topliss-reactive ketones (excluding diaryl/α,β-unsaturated/α-hetero) is 1. The van der Waals surface area contributed by atoms with Gasteiger partial charge in [0.2, 0.25) is 0 Å². The monoisotopic (exact) mass is 450 g/mol. The van der Waals surface area contributed by atoms with Gasteiger partial charge in [-0.05, 0) is 34.5 Å². The molecular weight excluding hydrogens is 428 g/mol. The Bertz CT molecular complexity index is 1430.